The molecule has 0 aromatic heterocycles. The number of rotatable bonds is 9. The zero-order chi connectivity index (χ0) is 28.9. The number of Topliss-reactive ketones (excluding diaryl/α,β-unsaturated/α-hetero) is 1. The number of nitrogens with zero attached hydrogens (tertiary/aromatic N) is 1. The zero-order valence-electron chi connectivity index (χ0n) is 22.6. The van der Waals surface area contributed by atoms with E-state index < -0.39 is 23.5 Å². The van der Waals surface area contributed by atoms with Gasteiger partial charge in [0.2, 0.25) is 0 Å². The summed E-state index contributed by atoms with van der Waals surface area (Å²) in [6.07, 6.45) is 0. The van der Waals surface area contributed by atoms with Crippen molar-refractivity contribution in [3.63, 3.8) is 0 Å². The van der Waals surface area contributed by atoms with Crippen LogP contribution >= 0.6 is 0 Å². The first-order chi connectivity index (χ1) is 19.9. The van der Waals surface area contributed by atoms with Crippen LogP contribution in [-0.4, -0.2) is 35.1 Å². The molecule has 4 aromatic carbocycles. The van der Waals surface area contributed by atoms with Gasteiger partial charge < -0.3 is 24.4 Å². The second kappa shape index (κ2) is 11.9. The summed E-state index contributed by atoms with van der Waals surface area (Å²) in [5, 5.41) is 22.4. The van der Waals surface area contributed by atoms with Crippen molar-refractivity contribution >= 4 is 23.1 Å². The molecule has 0 spiro atoms. The first-order valence-corrected chi connectivity index (χ1v) is 13.2. The predicted molar refractivity (Wildman–Crippen MR) is 155 cm³/mol. The Balaban J connectivity index is 1.69. The van der Waals surface area contributed by atoms with Crippen LogP contribution in [0.25, 0.3) is 5.76 Å². The fraction of sp³-hybridized carbons (Fsp3) is 0.152. The van der Waals surface area contributed by atoms with Gasteiger partial charge in [0.15, 0.2) is 0 Å². The highest BCUT2D eigenvalue weighted by Crippen LogP contribution is 2.46. The minimum absolute atomic E-state index is 0.129. The van der Waals surface area contributed by atoms with Gasteiger partial charge in [-0.25, -0.2) is 0 Å². The molecule has 1 atom stereocenters. The quantitative estimate of drug-likeness (QED) is 0.137. The number of aromatic hydroxyl groups is 1. The zero-order valence-corrected chi connectivity index (χ0v) is 22.6. The predicted octanol–water partition coefficient (Wildman–Crippen LogP) is 6.61. The number of aliphatic hydroxyl groups excluding tert-OH is 1. The third kappa shape index (κ3) is 5.45. The average molecular weight is 552 g/mol. The van der Waals surface area contributed by atoms with Crippen LogP contribution < -0.4 is 19.1 Å². The topological polar surface area (TPSA) is 106 Å². The van der Waals surface area contributed by atoms with E-state index in [1.54, 1.807) is 67.6 Å². The Morgan fingerprint density at radius 3 is 2.22 bits per heavy atom. The average Bonchev–Trinajstić information content (AvgIpc) is 3.24. The number of aliphatic hydroxyl groups is 1. The van der Waals surface area contributed by atoms with Crippen molar-refractivity contribution in [2.75, 3.05) is 18.1 Å². The molecule has 41 heavy (non-hydrogen) atoms. The SMILES string of the molecule is CCOc1ccc(/C(O)=C2\C(=O)C(=O)N(c3ccccc3O)C2c2cccc(Oc3ccccc3)c2)c(OCC)c1. The highest BCUT2D eigenvalue weighted by atomic mass is 16.5. The molecule has 1 fully saturated rings. The van der Waals surface area contributed by atoms with Gasteiger partial charge in [0, 0.05) is 6.07 Å². The number of para-hydroxylation sites is 3. The molecule has 0 bridgehead atoms. The van der Waals surface area contributed by atoms with E-state index in [1.165, 1.54) is 11.0 Å². The Kier molecular flexibility index (Phi) is 7.92. The number of benzene rings is 4. The van der Waals surface area contributed by atoms with Crippen LogP contribution in [-0.2, 0) is 9.59 Å². The smallest absolute Gasteiger partial charge is 0.300 e. The fourth-order valence-corrected chi connectivity index (χ4v) is 4.81. The second-order valence-electron chi connectivity index (χ2n) is 9.17. The Hall–Kier alpha value is -5.24. The molecule has 2 N–H and O–H groups in total. The molecule has 1 aliphatic heterocycles. The largest absolute Gasteiger partial charge is 0.507 e. The van der Waals surface area contributed by atoms with E-state index in [1.807, 2.05) is 37.3 Å². The van der Waals surface area contributed by atoms with Gasteiger partial charge in [-0.3, -0.25) is 14.5 Å². The van der Waals surface area contributed by atoms with E-state index in [9.17, 15) is 19.8 Å². The van der Waals surface area contributed by atoms with Gasteiger partial charge in [-0.05, 0) is 67.9 Å². The monoisotopic (exact) mass is 551 g/mol. The van der Waals surface area contributed by atoms with E-state index in [4.69, 9.17) is 14.2 Å². The summed E-state index contributed by atoms with van der Waals surface area (Å²) in [5.41, 5.74) is 0.698. The van der Waals surface area contributed by atoms with Crippen molar-refractivity contribution in [3.05, 3.63) is 114 Å². The van der Waals surface area contributed by atoms with Crippen LogP contribution in [0.1, 0.15) is 31.0 Å². The maximum Gasteiger partial charge on any atom is 0.300 e. The first-order valence-electron chi connectivity index (χ1n) is 13.2. The minimum Gasteiger partial charge on any atom is -0.507 e. The third-order valence-electron chi connectivity index (χ3n) is 6.56. The van der Waals surface area contributed by atoms with Gasteiger partial charge in [0.05, 0.1) is 36.1 Å². The highest BCUT2D eigenvalue weighted by Gasteiger charge is 2.48. The summed E-state index contributed by atoms with van der Waals surface area (Å²) >= 11 is 0. The molecule has 5 rings (SSSR count). The van der Waals surface area contributed by atoms with Gasteiger partial charge in [-0.15, -0.1) is 0 Å². The van der Waals surface area contributed by atoms with E-state index in [0.29, 0.717) is 41.8 Å². The molecule has 208 valence electrons. The van der Waals surface area contributed by atoms with E-state index in [2.05, 4.69) is 0 Å². The summed E-state index contributed by atoms with van der Waals surface area (Å²) in [6.45, 7) is 4.38. The van der Waals surface area contributed by atoms with Gasteiger partial charge in [-0.1, -0.05) is 42.5 Å². The molecule has 8 nitrogen and oxygen atoms in total. The number of hydrogen-bond donors (Lipinski definition) is 2. The molecule has 1 amide bonds. The number of amides is 1. The summed E-state index contributed by atoms with van der Waals surface area (Å²) in [6, 6.07) is 26.1. The summed E-state index contributed by atoms with van der Waals surface area (Å²) in [7, 11) is 0. The molecular weight excluding hydrogens is 522 g/mol. The molecule has 1 aliphatic rings. The van der Waals surface area contributed by atoms with Crippen molar-refractivity contribution in [3.8, 4) is 28.7 Å². The molecule has 4 aromatic rings. The van der Waals surface area contributed by atoms with Crippen LogP contribution in [0.15, 0.2) is 103 Å². The van der Waals surface area contributed by atoms with Crippen LogP contribution in [0, 0.1) is 0 Å². The lowest BCUT2D eigenvalue weighted by atomic mass is 9.94. The number of hydrogen-bond acceptors (Lipinski definition) is 7. The minimum atomic E-state index is -1.08. The Bertz CT molecular complexity index is 1610. The van der Waals surface area contributed by atoms with Gasteiger partial charge in [0.1, 0.15) is 34.5 Å². The molecule has 1 heterocycles. The van der Waals surface area contributed by atoms with Crippen molar-refractivity contribution in [2.24, 2.45) is 0 Å². The molecule has 0 radical (unpaired) electrons. The Morgan fingerprint density at radius 1 is 0.780 bits per heavy atom. The van der Waals surface area contributed by atoms with Crippen LogP contribution in [0.3, 0.4) is 0 Å². The van der Waals surface area contributed by atoms with Gasteiger partial charge in [-0.2, -0.15) is 0 Å². The normalized spacial score (nSPS) is 16.0. The lowest BCUT2D eigenvalue weighted by molar-refractivity contribution is -0.132. The highest BCUT2D eigenvalue weighted by molar-refractivity contribution is 6.52. The molecule has 0 saturated carbocycles. The summed E-state index contributed by atoms with van der Waals surface area (Å²) in [5.74, 6) is -0.492. The lowest BCUT2D eigenvalue weighted by Gasteiger charge is -2.26. The summed E-state index contributed by atoms with van der Waals surface area (Å²) < 4.78 is 17.4. The van der Waals surface area contributed by atoms with E-state index >= 15 is 0 Å². The molecule has 8 heteroatoms. The van der Waals surface area contributed by atoms with E-state index in [0.717, 1.165) is 0 Å². The standard InChI is InChI=1S/C33H29NO7/c1-3-39-23-17-18-25(28(20-23)40-4-2)31(36)29-30(34(33(38)32(29)37)26-15-8-9-16-27(26)35)21-11-10-14-24(19-21)41-22-12-6-5-7-13-22/h5-20,30,35-36H,3-4H2,1-2H3/b31-29+. The first kappa shape index (κ1) is 27.3. The second-order valence-corrected chi connectivity index (χ2v) is 9.17. The van der Waals surface area contributed by atoms with Gasteiger partial charge >= 0.3 is 0 Å². The van der Waals surface area contributed by atoms with Crippen LogP contribution in [0.2, 0.25) is 0 Å². The Labute approximate surface area is 237 Å². The Morgan fingerprint density at radius 2 is 1.49 bits per heavy atom. The fourth-order valence-electron chi connectivity index (χ4n) is 4.81. The number of carbonyl (C=O) groups excluding carboxylic acids is 2. The number of ether oxygens (including phenoxy) is 3. The number of phenolic OH excluding ortho intramolecular Hbond substituents is 1. The number of ketones is 1. The van der Waals surface area contributed by atoms with Crippen LogP contribution in [0.4, 0.5) is 5.69 Å². The van der Waals surface area contributed by atoms with E-state index in [-0.39, 0.29) is 22.6 Å². The maximum atomic E-state index is 13.6. The molecule has 1 unspecified atom stereocenters. The summed E-state index contributed by atoms with van der Waals surface area (Å²) in [4.78, 5) is 28.4. The van der Waals surface area contributed by atoms with Crippen molar-refractivity contribution in [2.45, 2.75) is 19.9 Å². The maximum absolute atomic E-state index is 13.6. The third-order valence-corrected chi connectivity index (χ3v) is 6.56. The number of carbonyl (C=O) groups is 2. The van der Waals surface area contributed by atoms with Crippen LogP contribution in [0.5, 0.6) is 28.7 Å². The lowest BCUT2D eigenvalue weighted by Crippen LogP contribution is -2.29. The van der Waals surface area contributed by atoms with Crippen molar-refractivity contribution in [1.82, 2.24) is 0 Å². The molecule has 0 aliphatic carbocycles. The van der Waals surface area contributed by atoms with Gasteiger partial charge in [0.25, 0.3) is 11.7 Å². The molecule has 1 saturated heterocycles. The van der Waals surface area contributed by atoms with Crippen molar-refractivity contribution < 1.29 is 34.0 Å². The molecular formula is C33H29NO7. The van der Waals surface area contributed by atoms with Crippen molar-refractivity contribution in [1.29, 1.82) is 0 Å². The number of phenols is 1. The number of anilines is 1.